The summed E-state index contributed by atoms with van der Waals surface area (Å²) in [6.07, 6.45) is 0.320. The van der Waals surface area contributed by atoms with Crippen LogP contribution in [0.5, 0.6) is 23.0 Å². The standard InChI is InChI=1S/C28H35ClN4O8/c1-6-38-21-13-18(25-24(27(35)37-5)16(4)31-28(36)32-25)9-10-20(21)41-15-23(34)33-30-14-17-11-19(29)26(40-8-3)22(12-17)39-7-2/h9-14,23,25,33-34H,6-8,15H2,1-5H3,(H2,31,32,36)/b30-14-/t23-,25+/m1/s1. The number of halogens is 1. The molecular weight excluding hydrogens is 556 g/mol. The Morgan fingerprint density at radius 1 is 1.07 bits per heavy atom. The predicted octanol–water partition coefficient (Wildman–Crippen LogP) is 3.66. The van der Waals surface area contributed by atoms with Gasteiger partial charge in [-0.15, -0.1) is 0 Å². The molecule has 3 rings (SSSR count). The van der Waals surface area contributed by atoms with Crippen molar-refractivity contribution < 1.29 is 38.4 Å². The Bertz CT molecular complexity index is 1300. The SMILES string of the molecule is CCOc1cc([C@@H]2NC(=O)NC(C)=C2C(=O)OC)ccc1OC[C@@H](O)N/N=C\c1cc(Cl)c(OCC)c(OCC)c1. The van der Waals surface area contributed by atoms with Crippen molar-refractivity contribution in [3.8, 4) is 23.0 Å². The van der Waals surface area contributed by atoms with Crippen molar-refractivity contribution in [3.05, 3.63) is 57.8 Å². The fourth-order valence-electron chi connectivity index (χ4n) is 4.03. The zero-order chi connectivity index (χ0) is 29.9. The average molecular weight is 591 g/mol. The number of ether oxygens (including phenoxy) is 5. The highest BCUT2D eigenvalue weighted by atomic mass is 35.5. The number of benzene rings is 2. The van der Waals surface area contributed by atoms with Gasteiger partial charge in [0.25, 0.3) is 0 Å². The predicted molar refractivity (Wildman–Crippen MR) is 153 cm³/mol. The Labute approximate surface area is 243 Å². The third-order valence-corrected chi connectivity index (χ3v) is 6.01. The van der Waals surface area contributed by atoms with Gasteiger partial charge < -0.3 is 39.4 Å². The van der Waals surface area contributed by atoms with E-state index in [-0.39, 0.29) is 12.2 Å². The summed E-state index contributed by atoms with van der Waals surface area (Å²) >= 11 is 6.34. The van der Waals surface area contributed by atoms with E-state index in [2.05, 4.69) is 21.2 Å². The molecule has 2 aromatic rings. The molecule has 0 fully saturated rings. The number of aliphatic hydroxyl groups excluding tert-OH is 1. The van der Waals surface area contributed by atoms with Crippen LogP contribution in [0.25, 0.3) is 0 Å². The smallest absolute Gasteiger partial charge is 0.337 e. The molecule has 41 heavy (non-hydrogen) atoms. The summed E-state index contributed by atoms with van der Waals surface area (Å²) in [5.41, 5.74) is 4.47. The van der Waals surface area contributed by atoms with Gasteiger partial charge in [0.2, 0.25) is 0 Å². The highest BCUT2D eigenvalue weighted by Gasteiger charge is 2.32. The number of nitrogens with one attached hydrogen (secondary N) is 3. The number of esters is 1. The third-order valence-electron chi connectivity index (χ3n) is 5.73. The van der Waals surface area contributed by atoms with E-state index in [0.717, 1.165) is 0 Å². The molecule has 0 saturated heterocycles. The quantitative estimate of drug-likeness (QED) is 0.112. The number of carbonyl (C=O) groups is 2. The normalized spacial score (nSPS) is 15.6. The van der Waals surface area contributed by atoms with Crippen molar-refractivity contribution in [2.75, 3.05) is 33.5 Å². The Balaban J connectivity index is 1.70. The molecule has 1 aliphatic heterocycles. The first-order valence-corrected chi connectivity index (χ1v) is 13.4. The van der Waals surface area contributed by atoms with Crippen molar-refractivity contribution in [2.24, 2.45) is 5.10 Å². The zero-order valence-corrected chi connectivity index (χ0v) is 24.3. The van der Waals surface area contributed by atoms with Gasteiger partial charge in [0.15, 0.2) is 29.2 Å². The molecule has 0 saturated carbocycles. The van der Waals surface area contributed by atoms with Crippen LogP contribution < -0.4 is 35.0 Å². The summed E-state index contributed by atoms with van der Waals surface area (Å²) in [4.78, 5) is 24.5. The minimum atomic E-state index is -1.16. The molecule has 1 aliphatic rings. The first-order valence-electron chi connectivity index (χ1n) is 13.0. The largest absolute Gasteiger partial charge is 0.490 e. The summed E-state index contributed by atoms with van der Waals surface area (Å²) in [6.45, 7) is 8.18. The van der Waals surface area contributed by atoms with Gasteiger partial charge in [0.1, 0.15) is 6.61 Å². The van der Waals surface area contributed by atoms with Gasteiger partial charge in [-0.05, 0) is 63.1 Å². The highest BCUT2D eigenvalue weighted by molar-refractivity contribution is 6.32. The molecule has 4 N–H and O–H groups in total. The lowest BCUT2D eigenvalue weighted by Crippen LogP contribution is -2.45. The molecule has 0 aliphatic carbocycles. The molecular formula is C28H35ClN4O8. The highest BCUT2D eigenvalue weighted by Crippen LogP contribution is 2.37. The minimum Gasteiger partial charge on any atom is -0.490 e. The number of rotatable bonds is 14. The molecule has 2 amide bonds. The van der Waals surface area contributed by atoms with Crippen LogP contribution in [0.15, 0.2) is 46.7 Å². The Morgan fingerprint density at radius 2 is 1.78 bits per heavy atom. The lowest BCUT2D eigenvalue weighted by Gasteiger charge is -2.28. The Hall–Kier alpha value is -4.16. The molecule has 13 heteroatoms. The second-order valence-electron chi connectivity index (χ2n) is 8.61. The van der Waals surface area contributed by atoms with E-state index in [0.29, 0.717) is 64.7 Å². The second-order valence-corrected chi connectivity index (χ2v) is 9.02. The topological polar surface area (TPSA) is 149 Å². The second kappa shape index (κ2) is 15.0. The molecule has 2 atom stereocenters. The molecule has 222 valence electrons. The summed E-state index contributed by atoms with van der Waals surface area (Å²) in [6, 6.07) is 7.18. The number of hydrogen-bond donors (Lipinski definition) is 4. The number of hydrogen-bond acceptors (Lipinski definition) is 10. The van der Waals surface area contributed by atoms with Crippen molar-refractivity contribution >= 4 is 29.8 Å². The first-order chi connectivity index (χ1) is 19.7. The lowest BCUT2D eigenvalue weighted by molar-refractivity contribution is -0.136. The first kappa shape index (κ1) is 31.4. The summed E-state index contributed by atoms with van der Waals surface area (Å²) in [5, 5.41) is 20.1. The monoisotopic (exact) mass is 590 g/mol. The van der Waals surface area contributed by atoms with E-state index < -0.39 is 24.3 Å². The molecule has 0 bridgehead atoms. The number of urea groups is 1. The number of hydrazone groups is 1. The van der Waals surface area contributed by atoms with Gasteiger partial charge in [-0.3, -0.25) is 5.43 Å². The van der Waals surface area contributed by atoms with Crippen LogP contribution in [0.2, 0.25) is 5.02 Å². The molecule has 12 nitrogen and oxygen atoms in total. The van der Waals surface area contributed by atoms with Crippen LogP contribution in [0.3, 0.4) is 0 Å². The maximum Gasteiger partial charge on any atom is 0.337 e. The van der Waals surface area contributed by atoms with Crippen molar-refractivity contribution in [3.63, 3.8) is 0 Å². The van der Waals surface area contributed by atoms with Crippen molar-refractivity contribution in [1.82, 2.24) is 16.1 Å². The van der Waals surface area contributed by atoms with Crippen LogP contribution in [0, 0.1) is 0 Å². The number of allylic oxidation sites excluding steroid dienone is 1. The summed E-state index contributed by atoms with van der Waals surface area (Å²) < 4.78 is 27.6. The maximum absolute atomic E-state index is 12.4. The molecule has 2 aromatic carbocycles. The van der Waals surface area contributed by atoms with Crippen LogP contribution in [0.4, 0.5) is 4.79 Å². The summed E-state index contributed by atoms with van der Waals surface area (Å²) in [5.74, 6) is 1.09. The van der Waals surface area contributed by atoms with E-state index in [9.17, 15) is 14.7 Å². The van der Waals surface area contributed by atoms with Crippen molar-refractivity contribution in [2.45, 2.75) is 40.0 Å². The van der Waals surface area contributed by atoms with Gasteiger partial charge in [-0.1, -0.05) is 17.7 Å². The fourth-order valence-corrected chi connectivity index (χ4v) is 4.30. The van der Waals surface area contributed by atoms with E-state index in [1.54, 1.807) is 37.3 Å². The van der Waals surface area contributed by atoms with E-state index in [4.69, 9.17) is 35.3 Å². The Kier molecular flexibility index (Phi) is 11.5. The van der Waals surface area contributed by atoms with E-state index in [1.165, 1.54) is 13.3 Å². The minimum absolute atomic E-state index is 0.165. The maximum atomic E-state index is 12.4. The molecule has 0 spiro atoms. The fraction of sp³-hybridized carbons (Fsp3) is 0.393. The van der Waals surface area contributed by atoms with Gasteiger partial charge in [-0.25, -0.2) is 9.59 Å². The molecule has 0 aromatic heterocycles. The lowest BCUT2D eigenvalue weighted by atomic mass is 9.95. The molecule has 1 heterocycles. The number of aliphatic hydroxyl groups is 1. The van der Waals surface area contributed by atoms with Crippen LogP contribution >= 0.6 is 11.6 Å². The third kappa shape index (κ3) is 8.18. The zero-order valence-electron chi connectivity index (χ0n) is 23.6. The summed E-state index contributed by atoms with van der Waals surface area (Å²) in [7, 11) is 1.27. The number of amides is 2. The van der Waals surface area contributed by atoms with Gasteiger partial charge in [0, 0.05) is 5.70 Å². The van der Waals surface area contributed by atoms with Crippen molar-refractivity contribution in [1.29, 1.82) is 0 Å². The van der Waals surface area contributed by atoms with Gasteiger partial charge in [0.05, 0.1) is 49.8 Å². The van der Waals surface area contributed by atoms with Crippen LogP contribution in [-0.2, 0) is 9.53 Å². The van der Waals surface area contributed by atoms with E-state index >= 15 is 0 Å². The Morgan fingerprint density at radius 3 is 2.46 bits per heavy atom. The number of methoxy groups -OCH3 is 1. The van der Waals surface area contributed by atoms with Gasteiger partial charge in [-0.2, -0.15) is 5.10 Å². The van der Waals surface area contributed by atoms with E-state index in [1.807, 2.05) is 20.8 Å². The van der Waals surface area contributed by atoms with Crippen LogP contribution in [0.1, 0.15) is 44.9 Å². The average Bonchev–Trinajstić information content (AvgIpc) is 2.93. The number of nitrogens with zero attached hydrogens (tertiary/aromatic N) is 1. The van der Waals surface area contributed by atoms with Crippen LogP contribution in [-0.4, -0.2) is 63.1 Å². The molecule has 0 radical (unpaired) electrons. The number of carbonyl (C=O) groups excluding carboxylic acids is 2. The molecule has 0 unspecified atom stereocenters. The van der Waals surface area contributed by atoms with Gasteiger partial charge >= 0.3 is 12.0 Å².